The molecule has 1 fully saturated rings. The van der Waals surface area contributed by atoms with Crippen LogP contribution >= 0.6 is 0 Å². The maximum absolute atomic E-state index is 13.6. The van der Waals surface area contributed by atoms with Gasteiger partial charge in [0.1, 0.15) is 5.75 Å². The normalized spacial score (nSPS) is 18.7. The zero-order valence-electron chi connectivity index (χ0n) is 19.8. The van der Waals surface area contributed by atoms with Gasteiger partial charge in [0.25, 0.3) is 11.8 Å². The molecule has 5 rings (SSSR count). The van der Waals surface area contributed by atoms with Crippen LogP contribution in [0.25, 0.3) is 11.5 Å². The van der Waals surface area contributed by atoms with Crippen molar-refractivity contribution in [3.63, 3.8) is 0 Å². The number of carbonyl (C=O) groups is 3. The Kier molecular flexibility index (Phi) is 6.15. The smallest absolute Gasteiger partial charge is 0.354 e. The minimum absolute atomic E-state index is 0.0873. The van der Waals surface area contributed by atoms with E-state index >= 15 is 0 Å². The number of ether oxygens (including phenoxy) is 3. The summed E-state index contributed by atoms with van der Waals surface area (Å²) in [5, 5.41) is 3.89. The van der Waals surface area contributed by atoms with Crippen LogP contribution in [0.1, 0.15) is 29.0 Å². The largest absolute Gasteiger partial charge is 0.497 e. The topological polar surface area (TPSA) is 124 Å². The number of carbonyl (C=O) groups excluding carboxylic acids is 3. The van der Waals surface area contributed by atoms with Crippen molar-refractivity contribution < 1.29 is 33.1 Å². The van der Waals surface area contributed by atoms with Crippen LogP contribution in [-0.4, -0.2) is 65.9 Å². The second kappa shape index (κ2) is 9.42. The minimum Gasteiger partial charge on any atom is -0.497 e. The average Bonchev–Trinajstić information content (AvgIpc) is 3.53. The number of anilines is 1. The molecule has 1 aromatic heterocycles. The Morgan fingerprint density at radius 1 is 1.11 bits per heavy atom. The van der Waals surface area contributed by atoms with E-state index in [1.807, 2.05) is 0 Å². The zero-order chi connectivity index (χ0) is 25.3. The van der Waals surface area contributed by atoms with Crippen LogP contribution in [0.4, 0.5) is 5.69 Å². The molecule has 0 spiro atoms. The Bertz CT molecular complexity index is 1310. The number of para-hydroxylation sites is 1. The highest BCUT2D eigenvalue weighted by molar-refractivity contribution is 6.15. The van der Waals surface area contributed by atoms with Gasteiger partial charge >= 0.3 is 5.97 Å². The number of nitrogens with zero attached hydrogens (tertiary/aromatic N) is 4. The number of rotatable bonds is 8. The number of amides is 2. The van der Waals surface area contributed by atoms with Gasteiger partial charge in [-0.2, -0.15) is 4.98 Å². The molecule has 1 unspecified atom stereocenters. The van der Waals surface area contributed by atoms with Gasteiger partial charge in [-0.15, -0.1) is 0 Å². The summed E-state index contributed by atoms with van der Waals surface area (Å²) < 4.78 is 21.2. The van der Waals surface area contributed by atoms with E-state index in [9.17, 15) is 14.4 Å². The van der Waals surface area contributed by atoms with Crippen molar-refractivity contribution in [2.24, 2.45) is 0 Å². The van der Waals surface area contributed by atoms with Crippen molar-refractivity contribution in [2.45, 2.75) is 25.1 Å². The minimum atomic E-state index is -1.62. The molecular formula is C25H24N4O7. The van der Waals surface area contributed by atoms with Gasteiger partial charge in [-0.1, -0.05) is 17.3 Å². The van der Waals surface area contributed by atoms with E-state index in [1.165, 1.54) is 16.9 Å². The lowest BCUT2D eigenvalue weighted by Gasteiger charge is -2.48. The molecule has 11 nitrogen and oxygen atoms in total. The molecule has 0 aliphatic carbocycles. The van der Waals surface area contributed by atoms with E-state index in [-0.39, 0.29) is 56.1 Å². The van der Waals surface area contributed by atoms with Gasteiger partial charge < -0.3 is 23.6 Å². The second-order valence-electron chi connectivity index (χ2n) is 8.33. The third-order valence-corrected chi connectivity index (χ3v) is 6.36. The SMILES string of the molecule is COCCN1C(=O)c2ccccc2N2C(=O)CCC12C(=O)OCc1noc(-c2ccc(OC)cc2)n1. The summed E-state index contributed by atoms with van der Waals surface area (Å²) in [6, 6.07) is 13.8. The van der Waals surface area contributed by atoms with Crippen LogP contribution in [0, 0.1) is 0 Å². The number of hydrogen-bond donors (Lipinski definition) is 0. The first-order chi connectivity index (χ1) is 17.5. The molecule has 186 valence electrons. The summed E-state index contributed by atoms with van der Waals surface area (Å²) in [7, 11) is 3.07. The lowest BCUT2D eigenvalue weighted by molar-refractivity contribution is -0.159. The standard InChI is InChI=1S/C25H24N4O7/c1-33-14-13-28-23(31)18-5-3-4-6-19(18)29-21(30)11-12-25(28,29)24(32)35-15-20-26-22(36-27-20)16-7-9-17(34-2)10-8-16/h3-10H,11-15H2,1-2H3. The lowest BCUT2D eigenvalue weighted by Crippen LogP contribution is -2.68. The van der Waals surface area contributed by atoms with Crippen LogP contribution in [0.2, 0.25) is 0 Å². The molecule has 2 aliphatic rings. The molecule has 0 bridgehead atoms. The fourth-order valence-corrected chi connectivity index (χ4v) is 4.65. The van der Waals surface area contributed by atoms with E-state index in [0.717, 1.165) is 0 Å². The Morgan fingerprint density at radius 3 is 2.64 bits per heavy atom. The first kappa shape index (κ1) is 23.5. The Hall–Kier alpha value is -4.25. The van der Waals surface area contributed by atoms with Gasteiger partial charge in [-0.3, -0.25) is 14.5 Å². The quantitative estimate of drug-likeness (QED) is 0.436. The van der Waals surface area contributed by atoms with Crippen LogP contribution in [0.15, 0.2) is 53.1 Å². The van der Waals surface area contributed by atoms with E-state index < -0.39 is 11.6 Å². The third kappa shape index (κ3) is 3.77. The molecule has 0 N–H and O–H groups in total. The molecule has 2 aromatic carbocycles. The summed E-state index contributed by atoms with van der Waals surface area (Å²) in [4.78, 5) is 47.1. The van der Waals surface area contributed by atoms with Gasteiger partial charge in [0.15, 0.2) is 6.61 Å². The Balaban J connectivity index is 1.41. The second-order valence-corrected chi connectivity index (χ2v) is 8.33. The van der Waals surface area contributed by atoms with Gasteiger partial charge in [0.2, 0.25) is 17.4 Å². The molecule has 36 heavy (non-hydrogen) atoms. The predicted octanol–water partition coefficient (Wildman–Crippen LogP) is 2.41. The first-order valence-corrected chi connectivity index (χ1v) is 11.4. The maximum Gasteiger partial charge on any atom is 0.354 e. The summed E-state index contributed by atoms with van der Waals surface area (Å²) in [6.07, 6.45) is 0.182. The van der Waals surface area contributed by atoms with Gasteiger partial charge in [0.05, 0.1) is 25.0 Å². The fourth-order valence-electron chi connectivity index (χ4n) is 4.65. The highest BCUT2D eigenvalue weighted by Gasteiger charge is 2.61. The van der Waals surface area contributed by atoms with Crippen molar-refractivity contribution in [3.05, 3.63) is 59.9 Å². The molecule has 2 aliphatic heterocycles. The van der Waals surface area contributed by atoms with Crippen molar-refractivity contribution in [3.8, 4) is 17.2 Å². The van der Waals surface area contributed by atoms with Gasteiger partial charge in [-0.25, -0.2) is 4.79 Å². The monoisotopic (exact) mass is 492 g/mol. The number of aromatic nitrogens is 2. The molecule has 2 amide bonds. The molecule has 3 aromatic rings. The van der Waals surface area contributed by atoms with Crippen LogP contribution < -0.4 is 9.64 Å². The third-order valence-electron chi connectivity index (χ3n) is 6.36. The molecular weight excluding hydrogens is 468 g/mol. The Morgan fingerprint density at radius 2 is 1.89 bits per heavy atom. The van der Waals surface area contributed by atoms with E-state index in [2.05, 4.69) is 10.1 Å². The average molecular weight is 492 g/mol. The fraction of sp³-hybridized carbons (Fsp3) is 0.320. The maximum atomic E-state index is 13.6. The molecule has 0 saturated carbocycles. The molecule has 11 heteroatoms. The highest BCUT2D eigenvalue weighted by Crippen LogP contribution is 2.45. The molecule has 1 saturated heterocycles. The lowest BCUT2D eigenvalue weighted by atomic mass is 9.96. The predicted molar refractivity (Wildman–Crippen MR) is 125 cm³/mol. The Labute approximate surface area is 206 Å². The highest BCUT2D eigenvalue weighted by atomic mass is 16.5. The van der Waals surface area contributed by atoms with Crippen molar-refractivity contribution in [1.82, 2.24) is 15.0 Å². The molecule has 1 atom stereocenters. The number of benzene rings is 2. The number of fused-ring (bicyclic) bond motifs is 3. The first-order valence-electron chi connectivity index (χ1n) is 11.4. The molecule has 3 heterocycles. The number of esters is 1. The summed E-state index contributed by atoms with van der Waals surface area (Å²) in [6.45, 7) is -0.0103. The van der Waals surface area contributed by atoms with E-state index in [1.54, 1.807) is 55.6 Å². The van der Waals surface area contributed by atoms with Gasteiger partial charge in [-0.05, 0) is 36.4 Å². The van der Waals surface area contributed by atoms with Crippen molar-refractivity contribution >= 4 is 23.5 Å². The van der Waals surface area contributed by atoms with E-state index in [4.69, 9.17) is 18.7 Å². The summed E-state index contributed by atoms with van der Waals surface area (Å²) >= 11 is 0. The van der Waals surface area contributed by atoms with Crippen LogP contribution in [0.3, 0.4) is 0 Å². The van der Waals surface area contributed by atoms with Crippen LogP contribution in [-0.2, 0) is 25.7 Å². The van der Waals surface area contributed by atoms with Crippen LogP contribution in [0.5, 0.6) is 5.75 Å². The van der Waals surface area contributed by atoms with E-state index in [0.29, 0.717) is 22.6 Å². The summed E-state index contributed by atoms with van der Waals surface area (Å²) in [5.74, 6) is -0.301. The molecule has 0 radical (unpaired) electrons. The van der Waals surface area contributed by atoms with Crippen molar-refractivity contribution in [1.29, 1.82) is 0 Å². The summed E-state index contributed by atoms with van der Waals surface area (Å²) in [5.41, 5.74) is -0.220. The van der Waals surface area contributed by atoms with Gasteiger partial charge in [0, 0.05) is 32.1 Å². The number of hydrogen-bond acceptors (Lipinski definition) is 9. The number of methoxy groups -OCH3 is 2. The van der Waals surface area contributed by atoms with Crippen molar-refractivity contribution in [2.75, 3.05) is 32.3 Å². The zero-order valence-corrected chi connectivity index (χ0v) is 19.8.